The van der Waals surface area contributed by atoms with Gasteiger partial charge in [0.25, 0.3) is 0 Å². The molecule has 0 spiro atoms. The number of unbranched alkanes of at least 4 members (excludes halogenated alkanes) is 1. The summed E-state index contributed by atoms with van der Waals surface area (Å²) in [5, 5.41) is 30.8. The minimum absolute atomic E-state index is 0.104. The topological polar surface area (TPSA) is 113 Å². The zero-order valence-electron chi connectivity index (χ0n) is 20.6. The molecule has 0 bridgehead atoms. The molecule has 0 aliphatic carbocycles. The zero-order valence-corrected chi connectivity index (χ0v) is 20.6. The van der Waals surface area contributed by atoms with Gasteiger partial charge in [-0.1, -0.05) is 50.3 Å². The third-order valence-electron chi connectivity index (χ3n) is 6.19. The van der Waals surface area contributed by atoms with Gasteiger partial charge in [0.2, 0.25) is 0 Å². The second-order valence-corrected chi connectivity index (χ2v) is 8.90. The number of aryl methyl sites for hydroxylation is 2. The van der Waals surface area contributed by atoms with E-state index in [4.69, 9.17) is 9.47 Å². The Morgan fingerprint density at radius 1 is 1.15 bits per heavy atom. The van der Waals surface area contributed by atoms with Crippen molar-refractivity contribution in [1.29, 1.82) is 0 Å². The van der Waals surface area contributed by atoms with Crippen LogP contribution in [0.5, 0.6) is 0 Å². The Morgan fingerprint density at radius 3 is 2.59 bits per heavy atom. The second-order valence-electron chi connectivity index (χ2n) is 8.90. The maximum atomic E-state index is 13.2. The molecule has 0 saturated carbocycles. The smallest absolute Gasteiger partial charge is 0.339 e. The first kappa shape index (κ1) is 27.8. The summed E-state index contributed by atoms with van der Waals surface area (Å²) < 4.78 is 10.9. The molecule has 5 atom stereocenters. The van der Waals surface area contributed by atoms with Crippen molar-refractivity contribution < 1.29 is 34.4 Å². The van der Waals surface area contributed by atoms with Gasteiger partial charge in [-0.25, -0.2) is 4.79 Å². The number of carbonyl (C=O) groups is 2. The SMILES string of the molecule is CCC(=O)OCCCCc1ccc(C)c2c1/C=C/C[C@H](O)[C@H](O)C(O)/C=C\[C@@H](C)[C@H](C)OC2=O. The van der Waals surface area contributed by atoms with Crippen LogP contribution in [-0.2, 0) is 20.7 Å². The van der Waals surface area contributed by atoms with E-state index in [0.717, 1.165) is 17.5 Å². The summed E-state index contributed by atoms with van der Waals surface area (Å²) in [7, 11) is 0. The number of aliphatic hydroxyl groups is 3. The first-order valence-corrected chi connectivity index (χ1v) is 12.0. The molecule has 7 heteroatoms. The van der Waals surface area contributed by atoms with E-state index in [9.17, 15) is 24.9 Å². The van der Waals surface area contributed by atoms with Gasteiger partial charge in [-0.2, -0.15) is 0 Å². The normalized spacial score (nSPS) is 27.7. The maximum Gasteiger partial charge on any atom is 0.339 e. The average molecular weight is 475 g/mol. The molecule has 0 fully saturated rings. The molecule has 1 aliphatic rings. The van der Waals surface area contributed by atoms with E-state index in [1.54, 1.807) is 32.1 Å². The summed E-state index contributed by atoms with van der Waals surface area (Å²) >= 11 is 0. The Hall–Kier alpha value is -2.48. The largest absolute Gasteiger partial charge is 0.466 e. The van der Waals surface area contributed by atoms with Crippen molar-refractivity contribution in [2.45, 2.75) is 84.2 Å². The third kappa shape index (κ3) is 7.79. The van der Waals surface area contributed by atoms with Crippen LogP contribution >= 0.6 is 0 Å². The number of hydrogen-bond acceptors (Lipinski definition) is 7. The first-order valence-electron chi connectivity index (χ1n) is 12.0. The summed E-state index contributed by atoms with van der Waals surface area (Å²) in [4.78, 5) is 24.5. The fourth-order valence-corrected chi connectivity index (χ4v) is 3.74. The first-order chi connectivity index (χ1) is 16.1. The third-order valence-corrected chi connectivity index (χ3v) is 6.19. The minimum Gasteiger partial charge on any atom is -0.466 e. The molecule has 1 heterocycles. The maximum absolute atomic E-state index is 13.2. The lowest BCUT2D eigenvalue weighted by molar-refractivity contribution is -0.143. The molecule has 1 aliphatic heterocycles. The quantitative estimate of drug-likeness (QED) is 0.328. The lowest BCUT2D eigenvalue weighted by Gasteiger charge is -2.23. The van der Waals surface area contributed by atoms with Crippen LogP contribution in [0, 0.1) is 12.8 Å². The highest BCUT2D eigenvalue weighted by Crippen LogP contribution is 2.26. The molecule has 0 amide bonds. The highest BCUT2D eigenvalue weighted by atomic mass is 16.5. The summed E-state index contributed by atoms with van der Waals surface area (Å²) in [5.41, 5.74) is 2.91. The van der Waals surface area contributed by atoms with E-state index < -0.39 is 30.4 Å². The van der Waals surface area contributed by atoms with Gasteiger partial charge in [-0.15, -0.1) is 0 Å². The predicted molar refractivity (Wildman–Crippen MR) is 130 cm³/mol. The minimum atomic E-state index is -1.34. The standard InChI is InChI=1S/C27H38O7/c1-5-24(30)33-16-7-6-9-20-14-12-18(3)25-21(20)10-8-11-22(28)26(31)23(29)15-13-17(2)19(4)34-27(25)32/h8,10,12-15,17,19,22-23,26,28-29,31H,5-7,9,11,16H2,1-4H3/b10-8+,15-13-/t17-,19+,22+,23?,26+/m1/s1. The molecule has 0 saturated heterocycles. The van der Waals surface area contributed by atoms with Gasteiger partial charge in [0.1, 0.15) is 18.3 Å². The molecule has 0 aromatic heterocycles. The monoisotopic (exact) mass is 474 g/mol. The number of ether oxygens (including phenoxy) is 2. The Bertz CT molecular complexity index is 889. The summed E-state index contributed by atoms with van der Waals surface area (Å²) in [6.45, 7) is 7.60. The number of rotatable bonds is 6. The Labute approximate surface area is 202 Å². The van der Waals surface area contributed by atoms with Crippen LogP contribution in [-0.4, -0.2) is 58.3 Å². The van der Waals surface area contributed by atoms with Crippen molar-refractivity contribution in [2.75, 3.05) is 6.61 Å². The van der Waals surface area contributed by atoms with Gasteiger partial charge in [-0.3, -0.25) is 4.79 Å². The van der Waals surface area contributed by atoms with Crippen LogP contribution in [0.2, 0.25) is 0 Å². The van der Waals surface area contributed by atoms with E-state index in [1.165, 1.54) is 6.08 Å². The Morgan fingerprint density at radius 2 is 1.88 bits per heavy atom. The molecule has 1 aromatic rings. The van der Waals surface area contributed by atoms with E-state index in [1.807, 2.05) is 26.0 Å². The number of esters is 2. The number of hydrogen-bond donors (Lipinski definition) is 3. The molecular weight excluding hydrogens is 436 g/mol. The van der Waals surface area contributed by atoms with Crippen molar-refractivity contribution in [1.82, 2.24) is 0 Å². The fourth-order valence-electron chi connectivity index (χ4n) is 3.74. The number of cyclic esters (lactones) is 1. The molecule has 1 unspecified atom stereocenters. The molecule has 3 N–H and O–H groups in total. The van der Waals surface area contributed by atoms with E-state index >= 15 is 0 Å². The molecule has 188 valence electrons. The lowest BCUT2D eigenvalue weighted by Crippen LogP contribution is -2.36. The van der Waals surface area contributed by atoms with Gasteiger partial charge in [0, 0.05) is 12.3 Å². The van der Waals surface area contributed by atoms with Gasteiger partial charge in [0.05, 0.1) is 18.3 Å². The van der Waals surface area contributed by atoms with Gasteiger partial charge < -0.3 is 24.8 Å². The van der Waals surface area contributed by atoms with Crippen molar-refractivity contribution in [3.63, 3.8) is 0 Å². The fraction of sp³-hybridized carbons (Fsp3) is 0.556. The second kappa shape index (κ2) is 13.4. The van der Waals surface area contributed by atoms with E-state index in [0.29, 0.717) is 37.0 Å². The van der Waals surface area contributed by atoms with E-state index in [2.05, 4.69) is 0 Å². The Balaban J connectivity index is 2.34. The van der Waals surface area contributed by atoms with Gasteiger partial charge in [0.15, 0.2) is 0 Å². The molecule has 7 nitrogen and oxygen atoms in total. The summed E-state index contributed by atoms with van der Waals surface area (Å²) in [5.74, 6) is -0.859. The van der Waals surface area contributed by atoms with Crippen LogP contribution in [0.1, 0.15) is 73.5 Å². The number of fused-ring (bicyclic) bond motifs is 1. The highest BCUT2D eigenvalue weighted by Gasteiger charge is 2.25. The van der Waals surface area contributed by atoms with Crippen molar-refractivity contribution in [3.05, 3.63) is 52.6 Å². The predicted octanol–water partition coefficient (Wildman–Crippen LogP) is 3.51. The number of aliphatic hydroxyl groups excluding tert-OH is 3. The molecule has 0 radical (unpaired) electrons. The van der Waals surface area contributed by atoms with Crippen molar-refractivity contribution >= 4 is 18.0 Å². The Kier molecular flexibility index (Phi) is 11.0. The number of carbonyl (C=O) groups excluding carboxylic acids is 2. The molecule has 1 aromatic carbocycles. The molecule has 2 rings (SSSR count). The van der Waals surface area contributed by atoms with Crippen LogP contribution < -0.4 is 0 Å². The summed E-state index contributed by atoms with van der Waals surface area (Å²) in [6, 6.07) is 3.86. The molecule has 34 heavy (non-hydrogen) atoms. The zero-order chi connectivity index (χ0) is 25.3. The lowest BCUT2D eigenvalue weighted by atomic mass is 9.92. The summed E-state index contributed by atoms with van der Waals surface area (Å²) in [6.07, 6.45) is 4.96. The van der Waals surface area contributed by atoms with Crippen LogP contribution in [0.4, 0.5) is 0 Å². The van der Waals surface area contributed by atoms with Crippen molar-refractivity contribution in [3.8, 4) is 0 Å². The average Bonchev–Trinajstić information content (AvgIpc) is 2.81. The van der Waals surface area contributed by atoms with E-state index in [-0.39, 0.29) is 18.3 Å². The van der Waals surface area contributed by atoms with Crippen LogP contribution in [0.15, 0.2) is 30.4 Å². The highest BCUT2D eigenvalue weighted by molar-refractivity contribution is 5.96. The van der Waals surface area contributed by atoms with Crippen LogP contribution in [0.25, 0.3) is 6.08 Å². The van der Waals surface area contributed by atoms with Gasteiger partial charge >= 0.3 is 11.9 Å². The van der Waals surface area contributed by atoms with Crippen LogP contribution in [0.3, 0.4) is 0 Å². The van der Waals surface area contributed by atoms with Gasteiger partial charge in [-0.05, 0) is 56.2 Å². The van der Waals surface area contributed by atoms with Crippen molar-refractivity contribution in [2.24, 2.45) is 5.92 Å². The number of benzene rings is 1. The molecular formula is C27H38O7.